The zero-order valence-corrected chi connectivity index (χ0v) is 16.6. The molecule has 7 nitrogen and oxygen atoms in total. The number of carbonyl (C=O) groups excluding carboxylic acids is 1. The molecule has 0 amide bonds. The smallest absolute Gasteiger partial charge is 0.330 e. The molecule has 1 aliphatic heterocycles. The highest BCUT2D eigenvalue weighted by Crippen LogP contribution is 2.30. The first-order chi connectivity index (χ1) is 13.6. The van der Waals surface area contributed by atoms with Gasteiger partial charge < -0.3 is 28.8 Å². The third-order valence-corrected chi connectivity index (χ3v) is 5.66. The quantitative estimate of drug-likeness (QED) is 0.324. The summed E-state index contributed by atoms with van der Waals surface area (Å²) in [5, 5.41) is 9.81. The van der Waals surface area contributed by atoms with Crippen LogP contribution in [0, 0.1) is 0 Å². The summed E-state index contributed by atoms with van der Waals surface area (Å²) in [7, 11) is 0. The Kier molecular flexibility index (Phi) is 8.73. The predicted octanol–water partition coefficient (Wildman–Crippen LogP) is 2.15. The number of aliphatic hydroxyl groups excluding tert-OH is 1. The Hall–Kier alpha value is -0.990. The van der Waals surface area contributed by atoms with Crippen LogP contribution >= 0.6 is 0 Å². The van der Waals surface area contributed by atoms with Gasteiger partial charge in [-0.1, -0.05) is 6.58 Å². The molecule has 1 N–H and O–H groups in total. The highest BCUT2D eigenvalue weighted by molar-refractivity contribution is 5.81. The van der Waals surface area contributed by atoms with Gasteiger partial charge in [-0.05, 0) is 51.4 Å². The van der Waals surface area contributed by atoms with Crippen LogP contribution in [0.4, 0.5) is 0 Å². The summed E-state index contributed by atoms with van der Waals surface area (Å²) < 4.78 is 28.0. The molecule has 2 unspecified atom stereocenters. The van der Waals surface area contributed by atoms with Crippen LogP contribution in [0.3, 0.4) is 0 Å². The fourth-order valence-electron chi connectivity index (χ4n) is 3.88. The molecule has 1 heterocycles. The second kappa shape index (κ2) is 11.3. The number of epoxide rings is 1. The van der Waals surface area contributed by atoms with Crippen LogP contribution in [0.25, 0.3) is 0 Å². The number of rotatable bonds is 11. The van der Waals surface area contributed by atoms with Crippen molar-refractivity contribution < 1.29 is 33.6 Å². The van der Waals surface area contributed by atoms with E-state index in [1.165, 1.54) is 0 Å². The SMILES string of the molecule is C=CC(=O)OCC(O)COC1CCC(OC2CCC(OCC3CO3)CC2)CC1. The van der Waals surface area contributed by atoms with Crippen LogP contribution in [-0.4, -0.2) is 74.1 Å². The van der Waals surface area contributed by atoms with E-state index in [-0.39, 0.29) is 19.3 Å². The molecule has 0 aromatic carbocycles. The van der Waals surface area contributed by atoms with E-state index in [1.54, 1.807) is 0 Å². The molecule has 0 bridgehead atoms. The van der Waals surface area contributed by atoms with Crippen LogP contribution in [0.15, 0.2) is 12.7 Å². The largest absolute Gasteiger partial charge is 0.460 e. The van der Waals surface area contributed by atoms with Crippen LogP contribution in [0.1, 0.15) is 51.4 Å². The second-order valence-electron chi connectivity index (χ2n) is 8.04. The Bertz CT molecular complexity index is 477. The molecule has 2 atom stereocenters. The van der Waals surface area contributed by atoms with E-state index < -0.39 is 12.1 Å². The summed E-state index contributed by atoms with van der Waals surface area (Å²) in [5.41, 5.74) is 0. The lowest BCUT2D eigenvalue weighted by Gasteiger charge is -2.34. The first kappa shape index (κ1) is 21.7. The minimum Gasteiger partial charge on any atom is -0.460 e. The molecule has 0 aromatic rings. The van der Waals surface area contributed by atoms with E-state index in [0.717, 1.165) is 70.7 Å². The third kappa shape index (κ3) is 7.79. The summed E-state index contributed by atoms with van der Waals surface area (Å²) in [6, 6.07) is 0. The summed E-state index contributed by atoms with van der Waals surface area (Å²) in [6.07, 6.45) is 9.91. The van der Waals surface area contributed by atoms with E-state index in [0.29, 0.717) is 24.4 Å². The molecular weight excluding hydrogens is 364 g/mol. The maximum Gasteiger partial charge on any atom is 0.330 e. The Morgan fingerprint density at radius 1 is 0.964 bits per heavy atom. The highest BCUT2D eigenvalue weighted by Gasteiger charge is 2.30. The average molecular weight is 398 g/mol. The summed E-state index contributed by atoms with van der Waals surface area (Å²) in [4.78, 5) is 11.0. The Balaban J connectivity index is 1.22. The summed E-state index contributed by atoms with van der Waals surface area (Å²) >= 11 is 0. The van der Waals surface area contributed by atoms with Gasteiger partial charge in [-0.25, -0.2) is 4.79 Å². The monoisotopic (exact) mass is 398 g/mol. The molecule has 2 saturated carbocycles. The van der Waals surface area contributed by atoms with Gasteiger partial charge >= 0.3 is 5.97 Å². The van der Waals surface area contributed by atoms with Gasteiger partial charge in [0.05, 0.1) is 44.2 Å². The summed E-state index contributed by atoms with van der Waals surface area (Å²) in [5.74, 6) is -0.533. The van der Waals surface area contributed by atoms with Crippen molar-refractivity contribution in [3.05, 3.63) is 12.7 Å². The van der Waals surface area contributed by atoms with E-state index >= 15 is 0 Å². The molecule has 0 aromatic heterocycles. The van der Waals surface area contributed by atoms with Gasteiger partial charge in [0.15, 0.2) is 0 Å². The van der Waals surface area contributed by atoms with Crippen molar-refractivity contribution in [2.24, 2.45) is 0 Å². The normalized spacial score (nSPS) is 33.8. The molecule has 2 aliphatic carbocycles. The standard InChI is InChI=1S/C21H34O7/c1-2-21(23)27-12-15(22)11-24-16-3-7-18(8-4-16)28-19-9-5-17(6-10-19)25-13-20-14-26-20/h2,15-20,22H,1,3-14H2. The minimum atomic E-state index is -0.804. The first-order valence-electron chi connectivity index (χ1n) is 10.6. The van der Waals surface area contributed by atoms with Crippen molar-refractivity contribution in [1.82, 2.24) is 0 Å². The van der Waals surface area contributed by atoms with E-state index in [9.17, 15) is 9.90 Å². The topological polar surface area (TPSA) is 86.8 Å². The number of ether oxygens (including phenoxy) is 5. The van der Waals surface area contributed by atoms with Crippen LogP contribution in [0.5, 0.6) is 0 Å². The predicted molar refractivity (Wildman–Crippen MR) is 102 cm³/mol. The van der Waals surface area contributed by atoms with Crippen LogP contribution in [-0.2, 0) is 28.5 Å². The van der Waals surface area contributed by atoms with Gasteiger partial charge in [0.25, 0.3) is 0 Å². The van der Waals surface area contributed by atoms with Gasteiger partial charge in [0.1, 0.15) is 18.8 Å². The third-order valence-electron chi connectivity index (χ3n) is 5.66. The average Bonchev–Trinajstić information content (AvgIpc) is 3.55. The van der Waals surface area contributed by atoms with Gasteiger partial charge in [-0.3, -0.25) is 0 Å². The molecule has 3 aliphatic rings. The molecule has 160 valence electrons. The zero-order chi connectivity index (χ0) is 19.8. The van der Waals surface area contributed by atoms with Gasteiger partial charge in [-0.15, -0.1) is 0 Å². The molecular formula is C21H34O7. The second-order valence-corrected chi connectivity index (χ2v) is 8.04. The number of hydrogen-bond acceptors (Lipinski definition) is 7. The molecule has 3 fully saturated rings. The lowest BCUT2D eigenvalue weighted by Crippen LogP contribution is -2.34. The number of hydrogen-bond donors (Lipinski definition) is 1. The first-order valence-corrected chi connectivity index (χ1v) is 10.6. The lowest BCUT2D eigenvalue weighted by atomic mass is 9.92. The van der Waals surface area contributed by atoms with E-state index in [1.807, 2.05) is 0 Å². The zero-order valence-electron chi connectivity index (χ0n) is 16.6. The Morgan fingerprint density at radius 3 is 2.04 bits per heavy atom. The van der Waals surface area contributed by atoms with Gasteiger partial charge in [-0.2, -0.15) is 0 Å². The maximum absolute atomic E-state index is 11.0. The lowest BCUT2D eigenvalue weighted by molar-refractivity contribution is -0.143. The van der Waals surface area contributed by atoms with Crippen molar-refractivity contribution in [3.8, 4) is 0 Å². The number of carbonyl (C=O) groups is 1. The Labute approximate surface area is 167 Å². The van der Waals surface area contributed by atoms with Crippen molar-refractivity contribution >= 4 is 5.97 Å². The van der Waals surface area contributed by atoms with Crippen LogP contribution < -0.4 is 0 Å². The maximum atomic E-state index is 11.0. The molecule has 1 saturated heterocycles. The van der Waals surface area contributed by atoms with E-state index in [4.69, 9.17) is 23.7 Å². The van der Waals surface area contributed by atoms with Crippen molar-refractivity contribution in [2.75, 3.05) is 26.4 Å². The van der Waals surface area contributed by atoms with Crippen LogP contribution in [0.2, 0.25) is 0 Å². The molecule has 3 rings (SSSR count). The minimum absolute atomic E-state index is 0.0661. The van der Waals surface area contributed by atoms with Crippen molar-refractivity contribution in [2.45, 2.75) is 88.0 Å². The summed E-state index contributed by atoms with van der Waals surface area (Å²) in [6.45, 7) is 5.02. The van der Waals surface area contributed by atoms with Crippen molar-refractivity contribution in [1.29, 1.82) is 0 Å². The molecule has 28 heavy (non-hydrogen) atoms. The molecule has 0 spiro atoms. The Morgan fingerprint density at radius 2 is 1.50 bits per heavy atom. The van der Waals surface area contributed by atoms with E-state index in [2.05, 4.69) is 6.58 Å². The molecule has 0 radical (unpaired) electrons. The van der Waals surface area contributed by atoms with Gasteiger partial charge in [0.2, 0.25) is 0 Å². The fourth-order valence-corrected chi connectivity index (χ4v) is 3.88. The van der Waals surface area contributed by atoms with Crippen molar-refractivity contribution in [3.63, 3.8) is 0 Å². The number of aliphatic hydroxyl groups is 1. The highest BCUT2D eigenvalue weighted by atomic mass is 16.6. The molecule has 7 heteroatoms. The van der Waals surface area contributed by atoms with Gasteiger partial charge in [0, 0.05) is 6.08 Å². The fraction of sp³-hybridized carbons (Fsp3) is 0.857. The number of esters is 1.